The number of hydrogen-bond acceptors (Lipinski definition) is 8. The van der Waals surface area contributed by atoms with Crippen LogP contribution in [0.5, 0.6) is 5.75 Å². The zero-order chi connectivity index (χ0) is 22.2. The smallest absolute Gasteiger partial charge is 0.296 e. The number of aliphatic hydroxyl groups excluding tert-OH is 1. The van der Waals surface area contributed by atoms with Crippen LogP contribution < -0.4 is 9.64 Å². The molecule has 0 aliphatic carbocycles. The second kappa shape index (κ2) is 7.93. The first-order valence-corrected chi connectivity index (χ1v) is 10.7. The molecule has 0 bridgehead atoms. The summed E-state index contributed by atoms with van der Waals surface area (Å²) in [4.78, 5) is 36.4. The van der Waals surface area contributed by atoms with Gasteiger partial charge in [-0.15, -0.1) is 0 Å². The van der Waals surface area contributed by atoms with E-state index in [0.29, 0.717) is 28.6 Å². The van der Waals surface area contributed by atoms with Crippen LogP contribution >= 0.6 is 11.3 Å². The molecule has 5 rings (SSSR count). The van der Waals surface area contributed by atoms with Crippen molar-refractivity contribution >= 4 is 38.4 Å². The molecule has 4 heterocycles. The molecule has 1 N–H and O–H groups in total. The van der Waals surface area contributed by atoms with Crippen molar-refractivity contribution in [2.24, 2.45) is 0 Å². The molecular weight excluding hydrogens is 430 g/mol. The number of amides is 1. The normalized spacial score (nSPS) is 16.2. The van der Waals surface area contributed by atoms with Gasteiger partial charge in [0, 0.05) is 12.4 Å². The number of carbonyl (C=O) groups excluding carboxylic acids is 2. The molecule has 9 heteroatoms. The summed E-state index contributed by atoms with van der Waals surface area (Å²) < 4.78 is 11.6. The van der Waals surface area contributed by atoms with Crippen LogP contribution in [0.2, 0.25) is 0 Å². The molecule has 160 valence electrons. The third kappa shape index (κ3) is 3.23. The Kier molecular flexibility index (Phi) is 4.95. The number of anilines is 1. The second-order valence-electron chi connectivity index (χ2n) is 6.99. The highest BCUT2D eigenvalue weighted by atomic mass is 32.1. The maximum atomic E-state index is 13.2. The van der Waals surface area contributed by atoms with Gasteiger partial charge in [0.1, 0.15) is 5.75 Å². The summed E-state index contributed by atoms with van der Waals surface area (Å²) >= 11 is 1.27. The van der Waals surface area contributed by atoms with Crippen molar-refractivity contribution < 1.29 is 23.8 Å². The number of thiazole rings is 1. The fourth-order valence-electron chi connectivity index (χ4n) is 3.68. The lowest BCUT2D eigenvalue weighted by Gasteiger charge is -2.23. The van der Waals surface area contributed by atoms with Crippen LogP contribution in [-0.2, 0) is 4.79 Å². The summed E-state index contributed by atoms with van der Waals surface area (Å²) in [6, 6.07) is 11.1. The van der Waals surface area contributed by atoms with Crippen molar-refractivity contribution in [3.05, 3.63) is 83.8 Å². The predicted molar refractivity (Wildman–Crippen MR) is 118 cm³/mol. The largest absolute Gasteiger partial charge is 0.503 e. The molecule has 0 saturated heterocycles. The Morgan fingerprint density at radius 2 is 2.16 bits per heavy atom. The van der Waals surface area contributed by atoms with E-state index >= 15 is 0 Å². The van der Waals surface area contributed by atoms with Gasteiger partial charge in [0.2, 0.25) is 5.78 Å². The van der Waals surface area contributed by atoms with E-state index in [2.05, 4.69) is 9.97 Å². The van der Waals surface area contributed by atoms with Gasteiger partial charge in [-0.3, -0.25) is 19.5 Å². The molecule has 0 saturated carbocycles. The number of fused-ring (bicyclic) bond motifs is 1. The van der Waals surface area contributed by atoms with Crippen LogP contribution in [0.4, 0.5) is 5.13 Å². The fourth-order valence-corrected chi connectivity index (χ4v) is 4.70. The van der Waals surface area contributed by atoms with E-state index in [1.807, 2.05) is 19.1 Å². The van der Waals surface area contributed by atoms with Crippen LogP contribution in [0.3, 0.4) is 0 Å². The van der Waals surface area contributed by atoms with Gasteiger partial charge in [0.25, 0.3) is 5.91 Å². The monoisotopic (exact) mass is 447 g/mol. The number of hydrogen-bond donors (Lipinski definition) is 1. The molecule has 1 aliphatic heterocycles. The van der Waals surface area contributed by atoms with Crippen molar-refractivity contribution in [1.82, 2.24) is 9.97 Å². The van der Waals surface area contributed by atoms with Crippen LogP contribution in [0.1, 0.15) is 29.1 Å². The predicted octanol–water partition coefficient (Wildman–Crippen LogP) is 4.47. The van der Waals surface area contributed by atoms with E-state index in [-0.39, 0.29) is 11.3 Å². The van der Waals surface area contributed by atoms with Crippen LogP contribution in [0.25, 0.3) is 10.2 Å². The summed E-state index contributed by atoms with van der Waals surface area (Å²) in [7, 11) is 0. The topological polar surface area (TPSA) is 106 Å². The van der Waals surface area contributed by atoms with E-state index in [9.17, 15) is 14.7 Å². The van der Waals surface area contributed by atoms with E-state index in [4.69, 9.17) is 9.15 Å². The van der Waals surface area contributed by atoms with Gasteiger partial charge in [-0.1, -0.05) is 17.4 Å². The van der Waals surface area contributed by atoms with E-state index in [1.54, 1.807) is 36.7 Å². The third-order valence-electron chi connectivity index (χ3n) is 5.06. The Balaban J connectivity index is 1.64. The number of aromatic nitrogens is 2. The van der Waals surface area contributed by atoms with E-state index in [0.717, 1.165) is 4.70 Å². The molecule has 1 unspecified atom stereocenters. The first kappa shape index (κ1) is 20.0. The van der Waals surface area contributed by atoms with Gasteiger partial charge in [-0.2, -0.15) is 0 Å². The Hall–Kier alpha value is -3.98. The van der Waals surface area contributed by atoms with Crippen molar-refractivity contribution in [2.45, 2.75) is 13.0 Å². The molecule has 1 aromatic carbocycles. The molecule has 0 spiro atoms. The first-order valence-electron chi connectivity index (χ1n) is 9.86. The molecule has 1 aliphatic rings. The van der Waals surface area contributed by atoms with Crippen molar-refractivity contribution in [1.29, 1.82) is 0 Å². The number of pyridine rings is 1. The number of ether oxygens (including phenoxy) is 1. The maximum absolute atomic E-state index is 13.2. The molecule has 4 aromatic rings. The molecule has 8 nitrogen and oxygen atoms in total. The highest BCUT2D eigenvalue weighted by Gasteiger charge is 2.46. The van der Waals surface area contributed by atoms with Gasteiger partial charge in [0.05, 0.1) is 34.7 Å². The van der Waals surface area contributed by atoms with Crippen LogP contribution in [-0.4, -0.2) is 33.4 Å². The summed E-state index contributed by atoms with van der Waals surface area (Å²) in [6.07, 6.45) is 4.51. The van der Waals surface area contributed by atoms with Gasteiger partial charge >= 0.3 is 0 Å². The molecule has 0 radical (unpaired) electrons. The molecule has 0 fully saturated rings. The Morgan fingerprint density at radius 1 is 1.28 bits per heavy atom. The minimum absolute atomic E-state index is 0.0285. The van der Waals surface area contributed by atoms with Crippen LogP contribution in [0.15, 0.2) is 76.9 Å². The number of furan rings is 1. The molecule has 1 amide bonds. The van der Waals surface area contributed by atoms with Crippen molar-refractivity contribution in [3.63, 3.8) is 0 Å². The van der Waals surface area contributed by atoms with Gasteiger partial charge in [0.15, 0.2) is 16.7 Å². The fraction of sp³-hybridized carbons (Fsp3) is 0.130. The number of ketones is 1. The summed E-state index contributed by atoms with van der Waals surface area (Å²) in [5.41, 5.74) is 1.16. The van der Waals surface area contributed by atoms with Gasteiger partial charge in [-0.05, 0) is 48.9 Å². The molecule has 3 aromatic heterocycles. The number of rotatable bonds is 6. The lowest BCUT2D eigenvalue weighted by Crippen LogP contribution is -2.31. The average molecular weight is 447 g/mol. The Morgan fingerprint density at radius 3 is 2.88 bits per heavy atom. The van der Waals surface area contributed by atoms with E-state index < -0.39 is 23.5 Å². The quantitative estimate of drug-likeness (QED) is 0.435. The van der Waals surface area contributed by atoms with Crippen molar-refractivity contribution in [3.8, 4) is 5.75 Å². The summed E-state index contributed by atoms with van der Waals surface area (Å²) in [5, 5.41) is 11.1. The molecular formula is C23H17N3O5S. The SMILES string of the molecule is CCOc1ccc2nc(N3C(=O)C(O)=C(C(=O)c4ccco4)C3c3cccnc3)sc2c1. The van der Waals surface area contributed by atoms with Gasteiger partial charge < -0.3 is 14.3 Å². The zero-order valence-corrected chi connectivity index (χ0v) is 17.7. The lowest BCUT2D eigenvalue weighted by molar-refractivity contribution is -0.117. The minimum atomic E-state index is -0.902. The lowest BCUT2D eigenvalue weighted by atomic mass is 9.96. The van der Waals surface area contributed by atoms with E-state index in [1.165, 1.54) is 28.6 Å². The number of aliphatic hydroxyl groups is 1. The number of carbonyl (C=O) groups is 2. The number of benzene rings is 1. The zero-order valence-electron chi connectivity index (χ0n) is 16.9. The van der Waals surface area contributed by atoms with Gasteiger partial charge in [-0.25, -0.2) is 4.98 Å². The number of nitrogens with zero attached hydrogens (tertiary/aromatic N) is 3. The molecule has 32 heavy (non-hydrogen) atoms. The second-order valence-corrected chi connectivity index (χ2v) is 8.00. The highest BCUT2D eigenvalue weighted by Crippen LogP contribution is 2.44. The minimum Gasteiger partial charge on any atom is -0.503 e. The van der Waals surface area contributed by atoms with Crippen LogP contribution in [0, 0.1) is 0 Å². The third-order valence-corrected chi connectivity index (χ3v) is 6.08. The number of Topliss-reactive ketones (excluding diaryl/α,β-unsaturated/α-hetero) is 1. The summed E-state index contributed by atoms with van der Waals surface area (Å²) in [6.45, 7) is 2.43. The maximum Gasteiger partial charge on any atom is 0.296 e. The average Bonchev–Trinajstić information content (AvgIpc) is 3.53. The first-order chi connectivity index (χ1) is 15.6. The van der Waals surface area contributed by atoms with Crippen molar-refractivity contribution in [2.75, 3.05) is 11.5 Å². The Bertz CT molecular complexity index is 1340. The Labute approximate surface area is 186 Å². The standard InChI is InChI=1S/C23H17N3O5S/c1-2-30-14-7-8-15-17(11-14)32-23(25-15)26-19(13-5-3-9-24-12-13)18(21(28)22(26)29)20(27)16-6-4-10-31-16/h3-12,19,28H,2H2,1H3. The highest BCUT2D eigenvalue weighted by molar-refractivity contribution is 7.22. The molecule has 1 atom stereocenters. The summed E-state index contributed by atoms with van der Waals surface area (Å²) in [5.74, 6) is -1.19.